The highest BCUT2D eigenvalue weighted by Gasteiger charge is 2.27. The molecule has 2 unspecified atom stereocenters. The molecule has 0 bridgehead atoms. The minimum atomic E-state index is -3.35. The highest BCUT2D eigenvalue weighted by atomic mass is 32.2. The molecule has 0 saturated heterocycles. The van der Waals surface area contributed by atoms with Gasteiger partial charge in [0, 0.05) is 24.3 Å². The standard InChI is InChI=1S/C15H23N3O2S/c16-12-2-1-11(9-12)10-17-13-5-7-15(8-6-13)21(19,20)18-14-3-4-14/h5-8,11-12,14,17-18H,1-4,9-10,16H2. The first-order chi connectivity index (χ1) is 10.0. The van der Waals surface area contributed by atoms with E-state index in [1.54, 1.807) is 12.1 Å². The Hall–Kier alpha value is -1.11. The van der Waals surface area contributed by atoms with Gasteiger partial charge in [-0.05, 0) is 62.3 Å². The number of benzene rings is 1. The second kappa shape index (κ2) is 5.94. The Labute approximate surface area is 126 Å². The molecule has 5 nitrogen and oxygen atoms in total. The van der Waals surface area contributed by atoms with Gasteiger partial charge in [0.2, 0.25) is 10.0 Å². The summed E-state index contributed by atoms with van der Waals surface area (Å²) >= 11 is 0. The van der Waals surface area contributed by atoms with Crippen LogP contribution in [-0.4, -0.2) is 27.0 Å². The second-order valence-corrected chi connectivity index (χ2v) is 7.95. The van der Waals surface area contributed by atoms with E-state index >= 15 is 0 Å². The quantitative estimate of drug-likeness (QED) is 0.746. The van der Waals surface area contributed by atoms with Crippen LogP contribution >= 0.6 is 0 Å². The van der Waals surface area contributed by atoms with Crippen LogP contribution in [0.3, 0.4) is 0 Å². The van der Waals surface area contributed by atoms with E-state index in [1.807, 2.05) is 12.1 Å². The lowest BCUT2D eigenvalue weighted by atomic mass is 10.1. The summed E-state index contributed by atoms with van der Waals surface area (Å²) in [5.41, 5.74) is 6.86. The third kappa shape index (κ3) is 3.96. The molecular formula is C15H23N3O2S. The molecule has 0 radical (unpaired) electrons. The molecule has 2 fully saturated rings. The minimum absolute atomic E-state index is 0.138. The molecule has 2 saturated carbocycles. The van der Waals surface area contributed by atoms with E-state index in [0.717, 1.165) is 37.9 Å². The fraction of sp³-hybridized carbons (Fsp3) is 0.600. The molecule has 3 rings (SSSR count). The van der Waals surface area contributed by atoms with E-state index in [4.69, 9.17) is 5.73 Å². The highest BCUT2D eigenvalue weighted by molar-refractivity contribution is 7.89. The molecule has 1 aromatic carbocycles. The van der Waals surface area contributed by atoms with Gasteiger partial charge in [0.1, 0.15) is 0 Å². The van der Waals surface area contributed by atoms with Gasteiger partial charge in [0.05, 0.1) is 4.90 Å². The molecule has 0 spiro atoms. The summed E-state index contributed by atoms with van der Waals surface area (Å²) in [6.45, 7) is 0.903. The van der Waals surface area contributed by atoms with Crippen LogP contribution in [0, 0.1) is 5.92 Å². The lowest BCUT2D eigenvalue weighted by molar-refractivity contribution is 0.565. The maximum Gasteiger partial charge on any atom is 0.240 e. The van der Waals surface area contributed by atoms with Gasteiger partial charge in [-0.2, -0.15) is 0 Å². The van der Waals surface area contributed by atoms with Crippen molar-refractivity contribution < 1.29 is 8.42 Å². The Morgan fingerprint density at radius 3 is 2.38 bits per heavy atom. The molecule has 6 heteroatoms. The van der Waals surface area contributed by atoms with Gasteiger partial charge in [-0.25, -0.2) is 13.1 Å². The van der Waals surface area contributed by atoms with Crippen LogP contribution in [0.4, 0.5) is 5.69 Å². The first-order valence-corrected chi connectivity index (χ1v) is 9.13. The van der Waals surface area contributed by atoms with Gasteiger partial charge in [0.25, 0.3) is 0 Å². The van der Waals surface area contributed by atoms with Crippen molar-refractivity contribution in [2.24, 2.45) is 11.7 Å². The summed E-state index contributed by atoms with van der Waals surface area (Å²) in [6, 6.07) is 7.46. The van der Waals surface area contributed by atoms with Crippen molar-refractivity contribution >= 4 is 15.7 Å². The van der Waals surface area contributed by atoms with Crippen molar-refractivity contribution in [1.82, 2.24) is 4.72 Å². The number of rotatable bonds is 6. The fourth-order valence-corrected chi connectivity index (χ4v) is 4.11. The van der Waals surface area contributed by atoms with Crippen molar-refractivity contribution in [3.8, 4) is 0 Å². The summed E-state index contributed by atoms with van der Waals surface area (Å²) in [4.78, 5) is 0.336. The molecule has 1 aromatic rings. The van der Waals surface area contributed by atoms with E-state index in [9.17, 15) is 8.42 Å². The zero-order chi connectivity index (χ0) is 14.9. The molecule has 0 aliphatic heterocycles. The molecule has 0 heterocycles. The largest absolute Gasteiger partial charge is 0.385 e. The Morgan fingerprint density at radius 2 is 1.81 bits per heavy atom. The summed E-state index contributed by atoms with van der Waals surface area (Å²) in [5.74, 6) is 0.625. The van der Waals surface area contributed by atoms with Crippen LogP contribution in [0.5, 0.6) is 0 Å². The number of sulfonamides is 1. The maximum atomic E-state index is 12.1. The van der Waals surface area contributed by atoms with Crippen LogP contribution in [0.1, 0.15) is 32.1 Å². The zero-order valence-corrected chi connectivity index (χ0v) is 12.9. The summed E-state index contributed by atoms with van der Waals surface area (Å²) in [5, 5.41) is 3.37. The first-order valence-electron chi connectivity index (χ1n) is 7.65. The molecule has 0 aromatic heterocycles. The Balaban J connectivity index is 1.56. The van der Waals surface area contributed by atoms with Crippen molar-refractivity contribution in [3.05, 3.63) is 24.3 Å². The van der Waals surface area contributed by atoms with Crippen LogP contribution in [0.2, 0.25) is 0 Å². The predicted octanol–water partition coefficient (Wildman–Crippen LogP) is 1.67. The van der Waals surface area contributed by atoms with E-state index in [2.05, 4.69) is 10.0 Å². The molecule has 0 amide bonds. The SMILES string of the molecule is NC1CCC(CNc2ccc(S(=O)(=O)NC3CC3)cc2)C1. The van der Waals surface area contributed by atoms with E-state index in [0.29, 0.717) is 16.9 Å². The molecular weight excluding hydrogens is 286 g/mol. The number of nitrogens with one attached hydrogen (secondary N) is 2. The third-order valence-corrected chi connectivity index (χ3v) is 5.78. The van der Waals surface area contributed by atoms with Crippen molar-refractivity contribution in [2.45, 2.75) is 49.1 Å². The number of hydrogen-bond donors (Lipinski definition) is 3. The lowest BCUT2D eigenvalue weighted by Gasteiger charge is -2.13. The normalized spacial score (nSPS) is 26.0. The van der Waals surface area contributed by atoms with E-state index in [1.165, 1.54) is 6.42 Å². The zero-order valence-electron chi connectivity index (χ0n) is 12.1. The van der Waals surface area contributed by atoms with Gasteiger partial charge in [0.15, 0.2) is 0 Å². The van der Waals surface area contributed by atoms with Crippen LogP contribution in [-0.2, 0) is 10.0 Å². The Morgan fingerprint density at radius 1 is 1.10 bits per heavy atom. The monoisotopic (exact) mass is 309 g/mol. The van der Waals surface area contributed by atoms with Gasteiger partial charge >= 0.3 is 0 Å². The topological polar surface area (TPSA) is 84.2 Å². The van der Waals surface area contributed by atoms with Crippen LogP contribution < -0.4 is 15.8 Å². The summed E-state index contributed by atoms with van der Waals surface area (Å²) in [7, 11) is -3.35. The molecule has 4 N–H and O–H groups in total. The number of nitrogens with two attached hydrogens (primary N) is 1. The first kappa shape index (κ1) is 14.8. The fourth-order valence-electron chi connectivity index (χ4n) is 2.80. The predicted molar refractivity (Wildman–Crippen MR) is 83.6 cm³/mol. The Bertz CT molecular complexity index is 581. The minimum Gasteiger partial charge on any atom is -0.385 e. The van der Waals surface area contributed by atoms with Crippen LogP contribution in [0.25, 0.3) is 0 Å². The lowest BCUT2D eigenvalue weighted by Crippen LogP contribution is -2.25. The van der Waals surface area contributed by atoms with Crippen molar-refractivity contribution in [2.75, 3.05) is 11.9 Å². The molecule has 2 aliphatic carbocycles. The van der Waals surface area contributed by atoms with Gasteiger partial charge in [-0.15, -0.1) is 0 Å². The number of anilines is 1. The highest BCUT2D eigenvalue weighted by Crippen LogP contribution is 2.25. The smallest absolute Gasteiger partial charge is 0.240 e. The average Bonchev–Trinajstić information content (AvgIpc) is 3.16. The van der Waals surface area contributed by atoms with Gasteiger partial charge < -0.3 is 11.1 Å². The summed E-state index contributed by atoms with van der Waals surface area (Å²) in [6.07, 6.45) is 5.25. The average molecular weight is 309 g/mol. The van der Waals surface area contributed by atoms with E-state index in [-0.39, 0.29) is 6.04 Å². The third-order valence-electron chi connectivity index (χ3n) is 4.24. The molecule has 116 valence electrons. The number of hydrogen-bond acceptors (Lipinski definition) is 4. The van der Waals surface area contributed by atoms with Gasteiger partial charge in [-0.3, -0.25) is 0 Å². The second-order valence-electron chi connectivity index (χ2n) is 6.24. The maximum absolute atomic E-state index is 12.1. The molecule has 21 heavy (non-hydrogen) atoms. The molecule has 2 aliphatic rings. The van der Waals surface area contributed by atoms with E-state index < -0.39 is 10.0 Å². The van der Waals surface area contributed by atoms with Crippen molar-refractivity contribution in [1.29, 1.82) is 0 Å². The van der Waals surface area contributed by atoms with Gasteiger partial charge in [-0.1, -0.05) is 0 Å². The van der Waals surface area contributed by atoms with Crippen LogP contribution in [0.15, 0.2) is 29.2 Å². The summed E-state index contributed by atoms with van der Waals surface area (Å²) < 4.78 is 26.8. The Kier molecular flexibility index (Phi) is 4.19. The van der Waals surface area contributed by atoms with Crippen molar-refractivity contribution in [3.63, 3.8) is 0 Å². The molecule has 2 atom stereocenters.